The van der Waals surface area contributed by atoms with E-state index in [0.717, 1.165) is 31.2 Å². The summed E-state index contributed by atoms with van der Waals surface area (Å²) in [6, 6.07) is 9.11. The third-order valence-electron chi connectivity index (χ3n) is 7.12. The van der Waals surface area contributed by atoms with Crippen molar-refractivity contribution in [2.45, 2.75) is 63.6 Å². The predicted molar refractivity (Wildman–Crippen MR) is 108 cm³/mol. The van der Waals surface area contributed by atoms with Gasteiger partial charge in [-0.2, -0.15) is 0 Å². The second-order valence-corrected chi connectivity index (χ2v) is 9.13. The molecule has 2 N–H and O–H groups in total. The van der Waals surface area contributed by atoms with E-state index in [1.165, 1.54) is 12.0 Å². The average molecular weight is 372 g/mol. The van der Waals surface area contributed by atoms with Gasteiger partial charge in [0.15, 0.2) is 5.96 Å². The molecule has 3 aliphatic rings. The summed E-state index contributed by atoms with van der Waals surface area (Å²) >= 11 is 0. The molecule has 5 heteroatoms. The van der Waals surface area contributed by atoms with Crippen molar-refractivity contribution in [2.24, 2.45) is 16.3 Å². The molecule has 1 aliphatic heterocycles. The van der Waals surface area contributed by atoms with Gasteiger partial charge in [0.2, 0.25) is 0 Å². The van der Waals surface area contributed by atoms with Gasteiger partial charge in [0.25, 0.3) is 0 Å². The number of benzene rings is 1. The van der Waals surface area contributed by atoms with Crippen LogP contribution in [0.5, 0.6) is 5.75 Å². The van der Waals surface area contributed by atoms with Crippen molar-refractivity contribution in [2.75, 3.05) is 20.8 Å². The van der Waals surface area contributed by atoms with Crippen LogP contribution < -0.4 is 15.4 Å². The predicted octanol–water partition coefficient (Wildman–Crippen LogP) is 3.09. The molecule has 1 aromatic rings. The Hall–Kier alpha value is -1.75. The first-order valence-electron chi connectivity index (χ1n) is 10.2. The molecule has 3 fully saturated rings. The summed E-state index contributed by atoms with van der Waals surface area (Å²) in [6.07, 6.45) is 3.86. The fourth-order valence-corrected chi connectivity index (χ4v) is 5.29. The molecule has 1 heterocycles. The second-order valence-electron chi connectivity index (χ2n) is 9.13. The summed E-state index contributed by atoms with van der Waals surface area (Å²) in [4.78, 5) is 4.52. The Bertz CT molecular complexity index is 732. The summed E-state index contributed by atoms with van der Waals surface area (Å²) < 4.78 is 11.6. The largest absolute Gasteiger partial charge is 0.496 e. The smallest absolute Gasteiger partial charge is 0.191 e. The van der Waals surface area contributed by atoms with Gasteiger partial charge < -0.3 is 20.1 Å². The highest BCUT2D eigenvalue weighted by Crippen LogP contribution is 2.52. The van der Waals surface area contributed by atoms with E-state index < -0.39 is 0 Å². The second kappa shape index (κ2) is 6.69. The first-order chi connectivity index (χ1) is 12.9. The van der Waals surface area contributed by atoms with E-state index in [-0.39, 0.29) is 10.8 Å². The van der Waals surface area contributed by atoms with E-state index in [1.54, 1.807) is 7.11 Å². The molecule has 5 nitrogen and oxygen atoms in total. The van der Waals surface area contributed by atoms with Gasteiger partial charge >= 0.3 is 0 Å². The summed E-state index contributed by atoms with van der Waals surface area (Å²) in [5.74, 6) is 2.46. The highest BCUT2D eigenvalue weighted by molar-refractivity contribution is 5.81. The van der Waals surface area contributed by atoms with Crippen LogP contribution in [0.4, 0.5) is 0 Å². The molecule has 1 saturated heterocycles. The van der Waals surface area contributed by atoms with Gasteiger partial charge in [0.05, 0.1) is 13.2 Å². The number of ether oxygens (including phenoxy) is 2. The third-order valence-corrected chi connectivity index (χ3v) is 7.12. The Kier molecular flexibility index (Phi) is 4.61. The maximum atomic E-state index is 6.03. The minimum atomic E-state index is 0.0792. The van der Waals surface area contributed by atoms with Crippen molar-refractivity contribution < 1.29 is 9.47 Å². The number of nitrogens with one attached hydrogen (secondary N) is 2. The fourth-order valence-electron chi connectivity index (χ4n) is 5.29. The molecular weight excluding hydrogens is 338 g/mol. The molecule has 5 atom stereocenters. The van der Waals surface area contributed by atoms with Gasteiger partial charge in [-0.1, -0.05) is 39.0 Å². The molecule has 148 valence electrons. The Balaban J connectivity index is 1.42. The SMILES string of the molecule is CN=C(NC1CC1(C)c1ccccc1OC)NC1C2CCCOC2C1(C)C. The highest BCUT2D eigenvalue weighted by Gasteiger charge is 2.59. The monoisotopic (exact) mass is 371 g/mol. The molecule has 2 saturated carbocycles. The van der Waals surface area contributed by atoms with Crippen LogP contribution in [0.1, 0.15) is 45.6 Å². The quantitative estimate of drug-likeness (QED) is 0.631. The first kappa shape index (κ1) is 18.6. The van der Waals surface area contributed by atoms with Crippen LogP contribution in [0.15, 0.2) is 29.3 Å². The van der Waals surface area contributed by atoms with E-state index in [0.29, 0.717) is 24.1 Å². The lowest BCUT2D eigenvalue weighted by Crippen LogP contribution is -2.71. The van der Waals surface area contributed by atoms with E-state index >= 15 is 0 Å². The number of aliphatic imine (C=N–C) groups is 1. The van der Waals surface area contributed by atoms with E-state index in [4.69, 9.17) is 9.47 Å². The zero-order chi connectivity index (χ0) is 19.2. The van der Waals surface area contributed by atoms with Crippen LogP contribution in [-0.2, 0) is 10.2 Å². The number of para-hydroxylation sites is 1. The molecule has 0 aromatic heterocycles. The van der Waals surface area contributed by atoms with Gasteiger partial charge in [-0.25, -0.2) is 0 Å². The zero-order valence-electron chi connectivity index (χ0n) is 17.2. The van der Waals surface area contributed by atoms with E-state index in [2.05, 4.69) is 48.5 Å². The standard InChI is InChI=1S/C22H33N3O2/c1-21(2)18(14-9-8-12-27-19(14)21)25-20(23-4)24-17-13-22(17,3)15-10-6-7-11-16(15)26-5/h6-7,10-11,14,17-19H,8-9,12-13H2,1-5H3,(H2,23,24,25). The maximum Gasteiger partial charge on any atom is 0.191 e. The first-order valence-corrected chi connectivity index (χ1v) is 10.2. The van der Waals surface area contributed by atoms with Crippen molar-refractivity contribution in [3.63, 3.8) is 0 Å². The number of hydrogen-bond acceptors (Lipinski definition) is 3. The lowest BCUT2D eigenvalue weighted by Gasteiger charge is -2.60. The van der Waals surface area contributed by atoms with E-state index in [1.807, 2.05) is 19.2 Å². The summed E-state index contributed by atoms with van der Waals surface area (Å²) in [5.41, 5.74) is 1.48. The van der Waals surface area contributed by atoms with Crippen molar-refractivity contribution in [1.29, 1.82) is 0 Å². The van der Waals surface area contributed by atoms with Crippen LogP contribution in [0, 0.1) is 11.3 Å². The number of guanidine groups is 1. The summed E-state index contributed by atoms with van der Waals surface area (Å²) in [5, 5.41) is 7.37. The Labute approximate surface area is 162 Å². The van der Waals surface area contributed by atoms with Gasteiger partial charge in [-0.3, -0.25) is 4.99 Å². The molecular formula is C22H33N3O2. The van der Waals surface area contributed by atoms with Crippen molar-refractivity contribution in [3.8, 4) is 5.75 Å². The van der Waals surface area contributed by atoms with Crippen molar-refractivity contribution >= 4 is 5.96 Å². The van der Waals surface area contributed by atoms with Crippen molar-refractivity contribution in [3.05, 3.63) is 29.8 Å². The summed E-state index contributed by atoms with van der Waals surface area (Å²) in [6.45, 7) is 7.82. The molecule has 0 amide bonds. The minimum absolute atomic E-state index is 0.0792. The highest BCUT2D eigenvalue weighted by atomic mass is 16.5. The molecule has 27 heavy (non-hydrogen) atoms. The van der Waals surface area contributed by atoms with Gasteiger partial charge in [-0.15, -0.1) is 0 Å². The number of rotatable bonds is 4. The Morgan fingerprint density at radius 2 is 2.00 bits per heavy atom. The van der Waals surface area contributed by atoms with Crippen LogP contribution >= 0.6 is 0 Å². The molecule has 4 rings (SSSR count). The average Bonchev–Trinajstić information content (AvgIpc) is 3.35. The minimum Gasteiger partial charge on any atom is -0.496 e. The maximum absolute atomic E-state index is 6.03. The molecule has 0 spiro atoms. The summed E-state index contributed by atoms with van der Waals surface area (Å²) in [7, 11) is 3.60. The normalized spacial score (nSPS) is 37.0. The third kappa shape index (κ3) is 3.00. The van der Waals surface area contributed by atoms with Gasteiger partial charge in [-0.05, 0) is 25.3 Å². The Morgan fingerprint density at radius 1 is 1.22 bits per heavy atom. The topological polar surface area (TPSA) is 54.9 Å². The number of fused-ring (bicyclic) bond motifs is 1. The van der Waals surface area contributed by atoms with Crippen LogP contribution in [0.2, 0.25) is 0 Å². The molecule has 2 aliphatic carbocycles. The van der Waals surface area contributed by atoms with Crippen LogP contribution in [-0.4, -0.2) is 44.9 Å². The lowest BCUT2D eigenvalue weighted by molar-refractivity contribution is -0.188. The molecule has 5 unspecified atom stereocenters. The van der Waals surface area contributed by atoms with E-state index in [9.17, 15) is 0 Å². The number of nitrogens with zero attached hydrogens (tertiary/aromatic N) is 1. The molecule has 1 aromatic carbocycles. The number of methoxy groups -OCH3 is 1. The zero-order valence-corrected chi connectivity index (χ0v) is 17.2. The van der Waals surface area contributed by atoms with Gasteiger partial charge in [0, 0.05) is 48.0 Å². The Morgan fingerprint density at radius 3 is 2.74 bits per heavy atom. The van der Waals surface area contributed by atoms with Gasteiger partial charge in [0.1, 0.15) is 5.75 Å². The molecule has 0 bridgehead atoms. The van der Waals surface area contributed by atoms with Crippen molar-refractivity contribution in [1.82, 2.24) is 10.6 Å². The molecule has 0 radical (unpaired) electrons. The fraction of sp³-hybridized carbons (Fsp3) is 0.682. The lowest BCUT2D eigenvalue weighted by atomic mass is 9.55. The van der Waals surface area contributed by atoms with Crippen LogP contribution in [0.3, 0.4) is 0 Å². The number of hydrogen-bond donors (Lipinski definition) is 2. The van der Waals surface area contributed by atoms with Crippen LogP contribution in [0.25, 0.3) is 0 Å².